The summed E-state index contributed by atoms with van der Waals surface area (Å²) in [6, 6.07) is 0. The summed E-state index contributed by atoms with van der Waals surface area (Å²) in [5.41, 5.74) is 1.54. The lowest BCUT2D eigenvalue weighted by atomic mass is 9.56. The molecule has 0 N–H and O–H groups in total. The fourth-order valence-corrected chi connectivity index (χ4v) is 3.70. The van der Waals surface area contributed by atoms with Crippen LogP contribution in [0.1, 0.15) is 40.0 Å². The third-order valence-corrected chi connectivity index (χ3v) is 5.04. The summed E-state index contributed by atoms with van der Waals surface area (Å²) in [6.07, 6.45) is 3.57. The van der Waals surface area contributed by atoms with E-state index in [0.29, 0.717) is 11.8 Å². The zero-order chi connectivity index (χ0) is 11.9. The molecule has 0 radical (unpaired) electrons. The Morgan fingerprint density at radius 3 is 2.75 bits per heavy atom. The molecule has 2 rings (SSSR count). The average Bonchev–Trinajstić information content (AvgIpc) is 2.27. The second-order valence-electron chi connectivity index (χ2n) is 5.81. The minimum Gasteiger partial charge on any atom is -0.497 e. The topological polar surface area (TPSA) is 9.23 Å². The van der Waals surface area contributed by atoms with E-state index in [4.69, 9.17) is 4.74 Å². The summed E-state index contributed by atoms with van der Waals surface area (Å²) >= 11 is 0. The highest BCUT2D eigenvalue weighted by Crippen LogP contribution is 2.54. The molecular weight excluding hydrogens is 196 g/mol. The highest BCUT2D eigenvalue weighted by molar-refractivity contribution is 5.18. The first-order valence-corrected chi connectivity index (χ1v) is 6.50. The van der Waals surface area contributed by atoms with Crippen LogP contribution in [0.25, 0.3) is 0 Å². The molecular formula is C15H24O. The summed E-state index contributed by atoms with van der Waals surface area (Å²) in [7, 11) is 0. The first-order valence-electron chi connectivity index (χ1n) is 6.50. The monoisotopic (exact) mass is 220 g/mol. The van der Waals surface area contributed by atoms with Crippen molar-refractivity contribution in [2.24, 2.45) is 23.2 Å². The van der Waals surface area contributed by atoms with Crippen LogP contribution in [-0.2, 0) is 4.74 Å². The summed E-state index contributed by atoms with van der Waals surface area (Å²) < 4.78 is 5.82. The summed E-state index contributed by atoms with van der Waals surface area (Å²) in [4.78, 5) is 0. The maximum atomic E-state index is 5.82. The zero-order valence-corrected chi connectivity index (χ0v) is 10.9. The Kier molecular flexibility index (Phi) is 2.90. The molecule has 4 atom stereocenters. The number of fused-ring (bicyclic) bond motifs is 1. The Morgan fingerprint density at radius 2 is 2.12 bits per heavy atom. The van der Waals surface area contributed by atoms with Gasteiger partial charge >= 0.3 is 0 Å². The molecule has 0 spiro atoms. The van der Waals surface area contributed by atoms with E-state index in [9.17, 15) is 0 Å². The molecule has 1 aliphatic carbocycles. The molecule has 0 aromatic rings. The summed E-state index contributed by atoms with van der Waals surface area (Å²) in [5, 5.41) is 0. The molecule has 0 bridgehead atoms. The van der Waals surface area contributed by atoms with Crippen molar-refractivity contribution in [3.8, 4) is 0 Å². The lowest BCUT2D eigenvalue weighted by Crippen LogP contribution is -2.47. The third-order valence-electron chi connectivity index (χ3n) is 5.04. The van der Waals surface area contributed by atoms with Crippen molar-refractivity contribution in [2.75, 3.05) is 6.61 Å². The molecule has 1 nitrogen and oxygen atoms in total. The van der Waals surface area contributed by atoms with E-state index in [1.165, 1.54) is 18.4 Å². The number of ether oxygens (including phenoxy) is 1. The van der Waals surface area contributed by atoms with Crippen molar-refractivity contribution in [1.82, 2.24) is 0 Å². The van der Waals surface area contributed by atoms with Gasteiger partial charge in [0, 0.05) is 11.3 Å². The molecule has 1 saturated heterocycles. The van der Waals surface area contributed by atoms with E-state index in [1.807, 2.05) is 0 Å². The first-order chi connectivity index (χ1) is 7.50. The van der Waals surface area contributed by atoms with Crippen LogP contribution in [0.3, 0.4) is 0 Å². The number of hydrogen-bond donors (Lipinski definition) is 0. The van der Waals surface area contributed by atoms with Gasteiger partial charge in [-0.3, -0.25) is 0 Å². The summed E-state index contributed by atoms with van der Waals surface area (Å²) in [6.45, 7) is 16.2. The average molecular weight is 220 g/mol. The van der Waals surface area contributed by atoms with E-state index < -0.39 is 0 Å². The van der Waals surface area contributed by atoms with Crippen LogP contribution in [0.2, 0.25) is 0 Å². The molecule has 16 heavy (non-hydrogen) atoms. The van der Waals surface area contributed by atoms with Crippen molar-refractivity contribution in [2.45, 2.75) is 40.0 Å². The normalized spacial score (nSPS) is 43.8. The van der Waals surface area contributed by atoms with Gasteiger partial charge in [-0.05, 0) is 31.1 Å². The zero-order valence-electron chi connectivity index (χ0n) is 10.9. The number of hydrogen-bond acceptors (Lipinski definition) is 1. The van der Waals surface area contributed by atoms with Gasteiger partial charge in [0.2, 0.25) is 0 Å². The fourth-order valence-electron chi connectivity index (χ4n) is 3.70. The Hall–Kier alpha value is -0.720. The second-order valence-corrected chi connectivity index (χ2v) is 5.81. The van der Waals surface area contributed by atoms with E-state index in [0.717, 1.165) is 24.7 Å². The molecule has 0 aromatic heterocycles. The highest BCUT2D eigenvalue weighted by atomic mass is 16.5. The Balaban J connectivity index is 2.36. The molecule has 90 valence electrons. The molecule has 0 aromatic carbocycles. The molecule has 1 heterocycles. The van der Waals surface area contributed by atoms with Gasteiger partial charge in [-0.2, -0.15) is 0 Å². The van der Waals surface area contributed by atoms with Crippen molar-refractivity contribution >= 4 is 0 Å². The lowest BCUT2D eigenvalue weighted by Gasteiger charge is -2.52. The van der Waals surface area contributed by atoms with E-state index in [-0.39, 0.29) is 5.41 Å². The van der Waals surface area contributed by atoms with E-state index in [2.05, 4.69) is 33.9 Å². The van der Waals surface area contributed by atoms with Crippen LogP contribution in [0.4, 0.5) is 0 Å². The van der Waals surface area contributed by atoms with Gasteiger partial charge in [0.1, 0.15) is 0 Å². The van der Waals surface area contributed by atoms with Gasteiger partial charge in [-0.15, -0.1) is 0 Å². The van der Waals surface area contributed by atoms with Gasteiger partial charge < -0.3 is 4.74 Å². The van der Waals surface area contributed by atoms with Crippen molar-refractivity contribution < 1.29 is 4.74 Å². The standard InChI is InChI=1S/C15H24O/c1-6-15(5)12(4)16-9-13-10(2)7-8-11(3)14(13)15/h11,13-14H,2,4,6-9H2,1,3,5H3. The number of allylic oxidation sites excluding steroid dienone is 1. The maximum absolute atomic E-state index is 5.82. The largest absolute Gasteiger partial charge is 0.497 e. The predicted octanol–water partition coefficient (Wildman–Crippen LogP) is 4.17. The van der Waals surface area contributed by atoms with Crippen molar-refractivity contribution in [3.63, 3.8) is 0 Å². The van der Waals surface area contributed by atoms with Crippen LogP contribution in [-0.4, -0.2) is 6.61 Å². The van der Waals surface area contributed by atoms with Crippen molar-refractivity contribution in [3.05, 3.63) is 24.5 Å². The van der Waals surface area contributed by atoms with Gasteiger partial charge in [0.15, 0.2) is 0 Å². The molecule has 2 fully saturated rings. The molecule has 1 aliphatic heterocycles. The van der Waals surface area contributed by atoms with Gasteiger partial charge in [-0.25, -0.2) is 0 Å². The van der Waals surface area contributed by atoms with E-state index >= 15 is 0 Å². The van der Waals surface area contributed by atoms with Crippen LogP contribution < -0.4 is 0 Å². The quantitative estimate of drug-likeness (QED) is 0.603. The van der Waals surface area contributed by atoms with Crippen LogP contribution in [0, 0.1) is 23.2 Å². The van der Waals surface area contributed by atoms with E-state index in [1.54, 1.807) is 0 Å². The smallest absolute Gasteiger partial charge is 0.0950 e. The highest BCUT2D eigenvalue weighted by Gasteiger charge is 2.49. The number of rotatable bonds is 1. The van der Waals surface area contributed by atoms with Crippen LogP contribution >= 0.6 is 0 Å². The minimum absolute atomic E-state index is 0.145. The molecule has 2 aliphatic rings. The molecule has 1 heteroatoms. The predicted molar refractivity (Wildman–Crippen MR) is 68.0 cm³/mol. The Labute approximate surface area is 99.6 Å². The first kappa shape index (κ1) is 11.8. The Bertz CT molecular complexity index is 317. The van der Waals surface area contributed by atoms with Gasteiger partial charge in [-0.1, -0.05) is 39.5 Å². The van der Waals surface area contributed by atoms with Crippen LogP contribution in [0.5, 0.6) is 0 Å². The second kappa shape index (κ2) is 3.94. The SMILES string of the molecule is C=C1CCC(C)C2C1COC(=C)C2(C)CC. The lowest BCUT2D eigenvalue weighted by molar-refractivity contribution is -0.0492. The maximum Gasteiger partial charge on any atom is 0.0950 e. The van der Waals surface area contributed by atoms with Gasteiger partial charge in [0.05, 0.1) is 12.4 Å². The van der Waals surface area contributed by atoms with Crippen molar-refractivity contribution in [1.29, 1.82) is 0 Å². The summed E-state index contributed by atoms with van der Waals surface area (Å²) in [5.74, 6) is 3.00. The molecule has 4 unspecified atom stereocenters. The minimum atomic E-state index is 0.145. The van der Waals surface area contributed by atoms with Crippen LogP contribution in [0.15, 0.2) is 24.5 Å². The fraction of sp³-hybridized carbons (Fsp3) is 0.733. The Morgan fingerprint density at radius 1 is 1.44 bits per heavy atom. The molecule has 0 amide bonds. The third kappa shape index (κ3) is 1.52. The molecule has 1 saturated carbocycles. The van der Waals surface area contributed by atoms with Gasteiger partial charge in [0.25, 0.3) is 0 Å².